The minimum atomic E-state index is 0.403. The van der Waals surface area contributed by atoms with Crippen molar-refractivity contribution < 1.29 is 0 Å². The van der Waals surface area contributed by atoms with Crippen molar-refractivity contribution in [2.24, 2.45) is 7.05 Å². The number of aromatic amines is 1. The molecule has 0 fully saturated rings. The lowest BCUT2D eigenvalue weighted by Gasteiger charge is -2.14. The zero-order chi connectivity index (χ0) is 14.7. The predicted molar refractivity (Wildman–Crippen MR) is 90.2 cm³/mol. The van der Waals surface area contributed by atoms with Crippen molar-refractivity contribution >= 4 is 35.1 Å². The lowest BCUT2D eigenvalue weighted by molar-refractivity contribution is 0.529. The van der Waals surface area contributed by atoms with Gasteiger partial charge in [-0.1, -0.05) is 20.3 Å². The second kappa shape index (κ2) is 6.80. The zero-order valence-electron chi connectivity index (χ0n) is 12.8. The second-order valence-electron chi connectivity index (χ2n) is 5.15. The van der Waals surface area contributed by atoms with Gasteiger partial charge in [-0.05, 0) is 43.5 Å². The number of thioether (sulfide) groups is 1. The van der Waals surface area contributed by atoms with E-state index in [9.17, 15) is 0 Å². The maximum absolute atomic E-state index is 5.52. The van der Waals surface area contributed by atoms with Crippen LogP contribution in [0.2, 0.25) is 0 Å². The summed E-state index contributed by atoms with van der Waals surface area (Å²) in [4.78, 5) is 3.36. The van der Waals surface area contributed by atoms with E-state index in [0.29, 0.717) is 6.04 Å². The number of nitrogens with one attached hydrogen (secondary N) is 1. The van der Waals surface area contributed by atoms with Gasteiger partial charge in [-0.25, -0.2) is 0 Å². The van der Waals surface area contributed by atoms with E-state index in [-0.39, 0.29) is 0 Å². The first-order valence-electron chi connectivity index (χ1n) is 7.33. The van der Waals surface area contributed by atoms with Gasteiger partial charge in [-0.15, -0.1) is 0 Å². The maximum Gasteiger partial charge on any atom is 0.179 e. The summed E-state index contributed by atoms with van der Waals surface area (Å²) in [5, 5.41) is 4.63. The molecule has 0 aromatic carbocycles. The molecule has 0 saturated carbocycles. The molecule has 0 aliphatic heterocycles. The molecule has 0 spiro atoms. The molecular weight excluding hydrogens is 288 g/mol. The summed E-state index contributed by atoms with van der Waals surface area (Å²) in [5.41, 5.74) is 3.38. The summed E-state index contributed by atoms with van der Waals surface area (Å²) in [6, 6.07) is 0.403. The molecule has 0 aliphatic rings. The summed E-state index contributed by atoms with van der Waals surface area (Å²) in [6.45, 7) is 6.62. The van der Waals surface area contributed by atoms with E-state index in [4.69, 9.17) is 12.2 Å². The molecule has 6 heteroatoms. The van der Waals surface area contributed by atoms with E-state index in [1.807, 2.05) is 23.5 Å². The Morgan fingerprint density at radius 3 is 2.80 bits per heavy atom. The molecule has 2 heterocycles. The number of nitrogens with zero attached hydrogens (tertiary/aromatic N) is 3. The molecule has 0 bridgehead atoms. The Balaban J connectivity index is 2.38. The molecule has 0 amide bonds. The molecule has 0 radical (unpaired) electrons. The summed E-state index contributed by atoms with van der Waals surface area (Å²) in [6.07, 6.45) is 3.22. The summed E-state index contributed by atoms with van der Waals surface area (Å²) in [7, 11) is 2.01. The third kappa shape index (κ3) is 2.96. The van der Waals surface area contributed by atoms with Gasteiger partial charge in [0.25, 0.3) is 0 Å². The Bertz CT molecular complexity index is 623. The standard InChI is InChI=1S/C14H24N4S2/c1-5-7-11-12-13(17(4)16-11)18(14(19)15-12)10(3)8-9-20-6-2/h10H,5-9H2,1-4H3,(H,15,19). The van der Waals surface area contributed by atoms with Gasteiger partial charge in [-0.3, -0.25) is 9.25 Å². The molecule has 1 atom stereocenters. The summed E-state index contributed by atoms with van der Waals surface area (Å²) < 4.78 is 5.02. The highest BCUT2D eigenvalue weighted by molar-refractivity contribution is 7.99. The lowest BCUT2D eigenvalue weighted by atomic mass is 10.2. The number of aromatic nitrogens is 4. The number of hydrogen-bond donors (Lipinski definition) is 1. The van der Waals surface area contributed by atoms with Gasteiger partial charge < -0.3 is 4.98 Å². The third-order valence-corrected chi connectivity index (χ3v) is 4.81. The zero-order valence-corrected chi connectivity index (χ0v) is 14.4. The van der Waals surface area contributed by atoms with Gasteiger partial charge in [0.1, 0.15) is 5.52 Å². The van der Waals surface area contributed by atoms with Crippen LogP contribution in [0.1, 0.15) is 45.3 Å². The molecule has 2 aromatic rings. The summed E-state index contributed by atoms with van der Waals surface area (Å²) in [5.74, 6) is 2.35. The molecule has 2 rings (SSSR count). The van der Waals surface area contributed by atoms with E-state index < -0.39 is 0 Å². The van der Waals surface area contributed by atoms with E-state index >= 15 is 0 Å². The maximum atomic E-state index is 5.52. The molecular formula is C14H24N4S2. The van der Waals surface area contributed by atoms with Gasteiger partial charge in [0, 0.05) is 13.1 Å². The van der Waals surface area contributed by atoms with Gasteiger partial charge in [0.2, 0.25) is 0 Å². The quantitative estimate of drug-likeness (QED) is 0.618. The number of rotatable bonds is 7. The van der Waals surface area contributed by atoms with Crippen molar-refractivity contribution in [2.75, 3.05) is 11.5 Å². The molecule has 1 N–H and O–H groups in total. The Hall–Kier alpha value is -0.750. The average molecular weight is 313 g/mol. The van der Waals surface area contributed by atoms with E-state index in [2.05, 4.69) is 35.4 Å². The number of hydrogen-bond acceptors (Lipinski definition) is 3. The second-order valence-corrected chi connectivity index (χ2v) is 6.93. The minimum Gasteiger partial charge on any atom is -0.328 e. The molecule has 1 unspecified atom stereocenters. The van der Waals surface area contributed by atoms with Crippen LogP contribution in [0.3, 0.4) is 0 Å². The van der Waals surface area contributed by atoms with Crippen LogP contribution >= 0.6 is 24.0 Å². The molecule has 112 valence electrons. The Kier molecular flexibility index (Phi) is 5.32. The Labute approximate surface area is 129 Å². The van der Waals surface area contributed by atoms with Crippen LogP contribution in [-0.2, 0) is 13.5 Å². The topological polar surface area (TPSA) is 38.5 Å². The number of aryl methyl sites for hydroxylation is 2. The normalized spacial score (nSPS) is 13.2. The van der Waals surface area contributed by atoms with Crippen LogP contribution in [0.25, 0.3) is 11.2 Å². The highest BCUT2D eigenvalue weighted by atomic mass is 32.2. The fourth-order valence-electron chi connectivity index (χ4n) is 2.59. The summed E-state index contributed by atoms with van der Waals surface area (Å²) >= 11 is 7.51. The highest BCUT2D eigenvalue weighted by Gasteiger charge is 2.18. The van der Waals surface area contributed by atoms with Crippen LogP contribution in [0.4, 0.5) is 0 Å². The highest BCUT2D eigenvalue weighted by Crippen LogP contribution is 2.24. The molecule has 0 saturated heterocycles. The lowest BCUT2D eigenvalue weighted by Crippen LogP contribution is -2.09. The van der Waals surface area contributed by atoms with Gasteiger partial charge in [0.05, 0.1) is 5.69 Å². The first-order chi connectivity index (χ1) is 9.60. The van der Waals surface area contributed by atoms with Gasteiger partial charge in [-0.2, -0.15) is 16.9 Å². The molecule has 0 aliphatic carbocycles. The van der Waals surface area contributed by atoms with Crippen molar-refractivity contribution in [2.45, 2.75) is 46.1 Å². The first kappa shape index (κ1) is 15.6. The Morgan fingerprint density at radius 2 is 2.15 bits per heavy atom. The van der Waals surface area contributed by atoms with E-state index in [1.54, 1.807) is 0 Å². The van der Waals surface area contributed by atoms with Crippen molar-refractivity contribution in [3.63, 3.8) is 0 Å². The van der Waals surface area contributed by atoms with Crippen LogP contribution < -0.4 is 0 Å². The van der Waals surface area contributed by atoms with Crippen molar-refractivity contribution in [3.8, 4) is 0 Å². The first-order valence-corrected chi connectivity index (χ1v) is 8.90. The molecule has 2 aromatic heterocycles. The monoisotopic (exact) mass is 312 g/mol. The van der Waals surface area contributed by atoms with Crippen LogP contribution in [-0.4, -0.2) is 30.8 Å². The van der Waals surface area contributed by atoms with Gasteiger partial charge in [0.15, 0.2) is 10.4 Å². The van der Waals surface area contributed by atoms with Gasteiger partial charge >= 0.3 is 0 Å². The fraction of sp³-hybridized carbons (Fsp3) is 0.714. The fourth-order valence-corrected chi connectivity index (χ4v) is 3.75. The molecule has 4 nitrogen and oxygen atoms in total. The number of H-pyrrole nitrogens is 1. The molecule has 20 heavy (non-hydrogen) atoms. The van der Waals surface area contributed by atoms with Crippen LogP contribution in [0.15, 0.2) is 0 Å². The minimum absolute atomic E-state index is 0.403. The largest absolute Gasteiger partial charge is 0.328 e. The number of imidazole rings is 1. The van der Waals surface area contributed by atoms with E-state index in [1.165, 1.54) is 11.5 Å². The van der Waals surface area contributed by atoms with Crippen LogP contribution in [0, 0.1) is 4.77 Å². The number of fused-ring (bicyclic) bond motifs is 1. The van der Waals surface area contributed by atoms with Crippen molar-refractivity contribution in [1.82, 2.24) is 19.3 Å². The third-order valence-electron chi connectivity index (χ3n) is 3.58. The Morgan fingerprint density at radius 1 is 1.40 bits per heavy atom. The predicted octanol–water partition coefficient (Wildman–Crippen LogP) is 4.09. The van der Waals surface area contributed by atoms with Crippen molar-refractivity contribution in [3.05, 3.63) is 10.5 Å². The van der Waals surface area contributed by atoms with Crippen LogP contribution in [0.5, 0.6) is 0 Å². The van der Waals surface area contributed by atoms with Crippen molar-refractivity contribution in [1.29, 1.82) is 0 Å². The SMILES string of the molecule is CCCc1nn(C)c2c1[nH]c(=S)n2C(C)CCSCC. The average Bonchev–Trinajstić information content (AvgIpc) is 2.88. The van der Waals surface area contributed by atoms with E-state index in [0.717, 1.165) is 40.9 Å². The smallest absolute Gasteiger partial charge is 0.179 e.